The predicted molar refractivity (Wildman–Crippen MR) is 133 cm³/mol. The van der Waals surface area contributed by atoms with Crippen LogP contribution in [0.2, 0.25) is 0 Å². The summed E-state index contributed by atoms with van der Waals surface area (Å²) in [6, 6.07) is 13.1. The Labute approximate surface area is 194 Å². The number of nitrogens with one attached hydrogen (secondary N) is 1. The molecule has 2 aromatic carbocycles. The summed E-state index contributed by atoms with van der Waals surface area (Å²) in [4.78, 5) is 8.21. The van der Waals surface area contributed by atoms with Crippen LogP contribution in [0.4, 0.5) is 20.2 Å². The van der Waals surface area contributed by atoms with Crippen molar-refractivity contribution < 1.29 is 8.78 Å². The fourth-order valence-corrected chi connectivity index (χ4v) is 3.76. The molecule has 2 aromatic heterocycles. The van der Waals surface area contributed by atoms with Crippen LogP contribution in [0, 0.1) is 11.6 Å². The molecule has 0 bridgehead atoms. The number of amidine groups is 1. The maximum Gasteiger partial charge on any atom is 0.133 e. The monoisotopic (exact) mass is 464 g/mol. The van der Waals surface area contributed by atoms with Crippen molar-refractivity contribution >= 4 is 41.0 Å². The van der Waals surface area contributed by atoms with Gasteiger partial charge in [0, 0.05) is 28.6 Å². The van der Waals surface area contributed by atoms with Gasteiger partial charge in [-0.3, -0.25) is 0 Å². The van der Waals surface area contributed by atoms with E-state index in [1.165, 1.54) is 30.4 Å². The van der Waals surface area contributed by atoms with Gasteiger partial charge in [0.25, 0.3) is 0 Å². The zero-order valence-corrected chi connectivity index (χ0v) is 18.9. The zero-order chi connectivity index (χ0) is 23.4. The molecule has 0 spiro atoms. The number of aromatic nitrogens is 2. The predicted octanol–water partition coefficient (Wildman–Crippen LogP) is 6.06. The number of anilines is 1. The first kappa shape index (κ1) is 22.5. The number of rotatable bonds is 7. The van der Waals surface area contributed by atoms with Crippen LogP contribution >= 0.6 is 11.9 Å². The summed E-state index contributed by atoms with van der Waals surface area (Å²) in [5, 5.41) is 4.46. The molecule has 2 heterocycles. The second-order valence-corrected chi connectivity index (χ2v) is 8.32. The van der Waals surface area contributed by atoms with Crippen LogP contribution in [0.1, 0.15) is 13.8 Å². The summed E-state index contributed by atoms with van der Waals surface area (Å²) < 4.78 is 33.0. The number of halogens is 2. The van der Waals surface area contributed by atoms with Crippen LogP contribution < -0.4 is 10.5 Å². The lowest BCUT2D eigenvalue weighted by Gasteiger charge is -2.12. The fraction of sp³-hybridized carbons (Fsp3) is 0.125. The van der Waals surface area contributed by atoms with Crippen LogP contribution in [0.3, 0.4) is 0 Å². The van der Waals surface area contributed by atoms with Gasteiger partial charge in [-0.15, -0.1) is 0 Å². The Morgan fingerprint density at radius 3 is 2.64 bits per heavy atom. The van der Waals surface area contributed by atoms with E-state index >= 15 is 0 Å². The molecule has 0 amide bonds. The Hall–Kier alpha value is -3.72. The van der Waals surface area contributed by atoms with Crippen molar-refractivity contribution in [2.24, 2.45) is 15.7 Å². The largest absolute Gasteiger partial charge is 0.387 e. The smallest absolute Gasteiger partial charge is 0.133 e. The molecular weight excluding hydrogens is 442 g/mol. The third-order valence-electron chi connectivity index (χ3n) is 4.79. The van der Waals surface area contributed by atoms with Gasteiger partial charge >= 0.3 is 0 Å². The lowest BCUT2D eigenvalue weighted by molar-refractivity contribution is 0.585. The van der Waals surface area contributed by atoms with E-state index in [4.69, 9.17) is 5.73 Å². The van der Waals surface area contributed by atoms with Crippen molar-refractivity contribution in [1.29, 1.82) is 0 Å². The van der Waals surface area contributed by atoms with Gasteiger partial charge < -0.3 is 10.5 Å². The number of hydrogen-bond acceptors (Lipinski definition) is 4. The molecule has 0 atom stereocenters. The number of benzene rings is 2. The molecule has 168 valence electrons. The van der Waals surface area contributed by atoms with Crippen molar-refractivity contribution in [1.82, 2.24) is 9.61 Å². The summed E-state index contributed by atoms with van der Waals surface area (Å²) in [5.74, 6) is 0.0575. The van der Waals surface area contributed by atoms with Crippen LogP contribution in [-0.2, 0) is 0 Å². The van der Waals surface area contributed by atoms with E-state index in [0.717, 1.165) is 34.2 Å². The van der Waals surface area contributed by atoms with Crippen molar-refractivity contribution in [3.8, 4) is 22.3 Å². The maximum atomic E-state index is 14.5. The minimum atomic E-state index is -0.612. The second kappa shape index (κ2) is 9.83. The lowest BCUT2D eigenvalue weighted by Crippen LogP contribution is -2.04. The number of nitrogens with two attached hydrogens (primary N) is 1. The minimum absolute atomic E-state index is 0.326. The minimum Gasteiger partial charge on any atom is -0.387 e. The van der Waals surface area contributed by atoms with Crippen LogP contribution in [0.25, 0.3) is 27.8 Å². The standard InChI is InChI=1S/C24H22F2N6S/c1-3-33-31-20-9-16(21-6-4-18(25)11-23(21)26)8-17(10-20)22-12-30-32-13-19(5-7-24(22)32)29-14-28-15(2)27/h4-14,31H,3H2,1-2H3,(H2,27,28,29). The van der Waals surface area contributed by atoms with E-state index in [0.29, 0.717) is 22.6 Å². The van der Waals surface area contributed by atoms with Crippen molar-refractivity contribution in [3.63, 3.8) is 0 Å². The highest BCUT2D eigenvalue weighted by molar-refractivity contribution is 8.00. The zero-order valence-electron chi connectivity index (χ0n) is 18.1. The normalized spacial score (nSPS) is 12.1. The van der Waals surface area contributed by atoms with Gasteiger partial charge in [0.05, 0.1) is 29.4 Å². The second-order valence-electron chi connectivity index (χ2n) is 7.25. The van der Waals surface area contributed by atoms with Crippen LogP contribution in [-0.4, -0.2) is 27.5 Å². The third-order valence-corrected chi connectivity index (χ3v) is 5.46. The molecule has 0 aliphatic heterocycles. The molecule has 6 nitrogen and oxygen atoms in total. The van der Waals surface area contributed by atoms with Crippen LogP contribution in [0.15, 0.2) is 70.9 Å². The molecule has 0 radical (unpaired) electrons. The molecule has 0 saturated carbocycles. The first-order valence-corrected chi connectivity index (χ1v) is 11.2. The van der Waals surface area contributed by atoms with E-state index in [9.17, 15) is 8.78 Å². The van der Waals surface area contributed by atoms with Crippen molar-refractivity contribution in [3.05, 3.63) is 72.6 Å². The quantitative estimate of drug-likeness (QED) is 0.198. The molecule has 4 aromatic rings. The summed E-state index contributed by atoms with van der Waals surface area (Å²) in [6.45, 7) is 3.72. The molecule has 4 rings (SSSR count). The van der Waals surface area contributed by atoms with E-state index in [1.54, 1.807) is 23.8 Å². The third kappa shape index (κ3) is 5.20. The molecule has 9 heteroatoms. The molecule has 0 saturated heterocycles. The SMILES string of the molecule is CCSNc1cc(-c2ccc(F)cc2F)cc(-c2cnn3cc(N=CN=C(C)N)ccc23)c1. The fourth-order valence-electron chi connectivity index (χ4n) is 3.34. The average Bonchev–Trinajstić information content (AvgIpc) is 3.20. The highest BCUT2D eigenvalue weighted by atomic mass is 32.2. The van der Waals surface area contributed by atoms with Crippen LogP contribution in [0.5, 0.6) is 0 Å². The molecule has 0 aliphatic carbocycles. The molecule has 33 heavy (non-hydrogen) atoms. The summed E-state index contributed by atoms with van der Waals surface area (Å²) >= 11 is 1.53. The first-order valence-electron chi connectivity index (χ1n) is 10.2. The molecular formula is C24H22F2N6S. The number of aliphatic imine (C=N–C) groups is 2. The highest BCUT2D eigenvalue weighted by Crippen LogP contribution is 2.35. The van der Waals surface area contributed by atoms with Gasteiger partial charge in [-0.05, 0) is 60.5 Å². The van der Waals surface area contributed by atoms with E-state index in [1.807, 2.05) is 37.3 Å². The lowest BCUT2D eigenvalue weighted by atomic mass is 9.98. The Bertz CT molecular complexity index is 1360. The average molecular weight is 465 g/mol. The number of nitrogens with zero attached hydrogens (tertiary/aromatic N) is 4. The molecule has 0 fully saturated rings. The summed E-state index contributed by atoms with van der Waals surface area (Å²) in [6.07, 6.45) is 4.93. The molecule has 0 aliphatic rings. The summed E-state index contributed by atoms with van der Waals surface area (Å²) in [5.41, 5.74) is 10.6. The van der Waals surface area contributed by atoms with Gasteiger partial charge in [-0.2, -0.15) is 5.10 Å². The molecule has 3 N–H and O–H groups in total. The maximum absolute atomic E-state index is 14.5. The highest BCUT2D eigenvalue weighted by Gasteiger charge is 2.13. The topological polar surface area (TPSA) is 80.1 Å². The van der Waals surface area contributed by atoms with Gasteiger partial charge in [-0.1, -0.05) is 18.9 Å². The van der Waals surface area contributed by atoms with Gasteiger partial charge in [0.15, 0.2) is 0 Å². The van der Waals surface area contributed by atoms with E-state index < -0.39 is 11.6 Å². The van der Waals surface area contributed by atoms with Gasteiger partial charge in [0.2, 0.25) is 0 Å². The molecule has 0 unspecified atom stereocenters. The Morgan fingerprint density at radius 2 is 1.91 bits per heavy atom. The number of fused-ring (bicyclic) bond motifs is 1. The van der Waals surface area contributed by atoms with Gasteiger partial charge in [0.1, 0.15) is 18.0 Å². The Balaban J connectivity index is 1.78. The van der Waals surface area contributed by atoms with E-state index in [2.05, 4.69) is 19.8 Å². The van der Waals surface area contributed by atoms with Crippen molar-refractivity contribution in [2.75, 3.05) is 10.5 Å². The van der Waals surface area contributed by atoms with E-state index in [-0.39, 0.29) is 0 Å². The number of hydrogen-bond donors (Lipinski definition) is 2. The van der Waals surface area contributed by atoms with Crippen molar-refractivity contribution in [2.45, 2.75) is 13.8 Å². The Morgan fingerprint density at radius 1 is 1.12 bits per heavy atom. The first-order chi connectivity index (χ1) is 15.9. The van der Waals surface area contributed by atoms with Gasteiger partial charge in [-0.25, -0.2) is 23.3 Å². The summed E-state index contributed by atoms with van der Waals surface area (Å²) in [7, 11) is 0. The number of pyridine rings is 1. The Kier molecular flexibility index (Phi) is 6.69.